The lowest BCUT2D eigenvalue weighted by Gasteiger charge is -2.32. The lowest BCUT2D eigenvalue weighted by molar-refractivity contribution is -0.142. The lowest BCUT2D eigenvalue weighted by Crippen LogP contribution is -2.48. The summed E-state index contributed by atoms with van der Waals surface area (Å²) in [6, 6.07) is -0.0523. The molecular formula is C13H22N2O3. The van der Waals surface area contributed by atoms with Crippen molar-refractivity contribution in [1.82, 2.24) is 4.90 Å². The number of carbonyl (C=O) groups excluding carboxylic acids is 1. The molecule has 1 heterocycles. The van der Waals surface area contributed by atoms with Gasteiger partial charge in [0.15, 0.2) is 0 Å². The predicted molar refractivity (Wildman–Crippen MR) is 66.9 cm³/mol. The Morgan fingerprint density at radius 1 is 1.44 bits per heavy atom. The van der Waals surface area contributed by atoms with Gasteiger partial charge in [0.05, 0.1) is 5.41 Å². The van der Waals surface area contributed by atoms with Crippen LogP contribution in [0.2, 0.25) is 0 Å². The Bertz CT molecular complexity index is 358. The average molecular weight is 254 g/mol. The molecule has 1 amide bonds. The summed E-state index contributed by atoms with van der Waals surface area (Å²) < 4.78 is 0. The summed E-state index contributed by atoms with van der Waals surface area (Å²) in [7, 11) is 0. The molecule has 1 saturated heterocycles. The van der Waals surface area contributed by atoms with E-state index in [9.17, 15) is 9.59 Å². The zero-order chi connectivity index (χ0) is 13.3. The van der Waals surface area contributed by atoms with Gasteiger partial charge in [0.2, 0.25) is 5.91 Å². The van der Waals surface area contributed by atoms with Crippen molar-refractivity contribution in [3.8, 4) is 0 Å². The van der Waals surface area contributed by atoms with E-state index in [4.69, 9.17) is 10.8 Å². The molecule has 1 saturated carbocycles. The predicted octanol–water partition coefficient (Wildman–Crippen LogP) is 0.827. The van der Waals surface area contributed by atoms with Crippen molar-refractivity contribution in [2.75, 3.05) is 13.1 Å². The maximum Gasteiger partial charge on any atom is 0.303 e. The lowest BCUT2D eigenvalue weighted by atomic mass is 9.83. The number of hydrogen-bond acceptors (Lipinski definition) is 3. The second kappa shape index (κ2) is 4.88. The van der Waals surface area contributed by atoms with E-state index in [1.54, 1.807) is 0 Å². The molecule has 5 heteroatoms. The summed E-state index contributed by atoms with van der Waals surface area (Å²) in [4.78, 5) is 25.0. The molecule has 0 aromatic heterocycles. The third-order valence-corrected chi connectivity index (χ3v) is 4.55. The Morgan fingerprint density at radius 2 is 2.17 bits per heavy atom. The molecule has 0 radical (unpaired) electrons. The number of carboxylic acid groups (broad SMARTS) is 1. The van der Waals surface area contributed by atoms with Crippen LogP contribution in [-0.4, -0.2) is 41.0 Å². The number of hydrogen-bond donors (Lipinski definition) is 2. The molecule has 3 atom stereocenters. The topological polar surface area (TPSA) is 83.6 Å². The number of likely N-dealkylation sites (tertiary alicyclic amines) is 1. The minimum Gasteiger partial charge on any atom is -0.481 e. The normalized spacial score (nSPS) is 36.0. The van der Waals surface area contributed by atoms with Crippen molar-refractivity contribution in [2.45, 2.75) is 45.1 Å². The molecule has 0 bridgehead atoms. The number of carbonyl (C=O) groups is 2. The number of amides is 1. The fourth-order valence-corrected chi connectivity index (χ4v) is 3.25. The maximum atomic E-state index is 12.5. The van der Waals surface area contributed by atoms with Gasteiger partial charge >= 0.3 is 5.97 Å². The van der Waals surface area contributed by atoms with Crippen molar-refractivity contribution < 1.29 is 14.7 Å². The minimum absolute atomic E-state index is 0.0523. The minimum atomic E-state index is -0.780. The number of carboxylic acids is 1. The Hall–Kier alpha value is -1.10. The van der Waals surface area contributed by atoms with Gasteiger partial charge in [-0.2, -0.15) is 0 Å². The van der Waals surface area contributed by atoms with Crippen molar-refractivity contribution in [3.63, 3.8) is 0 Å². The van der Waals surface area contributed by atoms with E-state index in [2.05, 4.69) is 0 Å². The van der Waals surface area contributed by atoms with Crippen molar-refractivity contribution >= 4 is 11.9 Å². The third kappa shape index (κ3) is 2.36. The molecule has 0 aromatic rings. The van der Waals surface area contributed by atoms with Crippen LogP contribution in [0.5, 0.6) is 0 Å². The zero-order valence-corrected chi connectivity index (χ0v) is 10.9. The molecule has 1 aliphatic heterocycles. The molecule has 18 heavy (non-hydrogen) atoms. The second-order valence-electron chi connectivity index (χ2n) is 5.92. The van der Waals surface area contributed by atoms with Crippen LogP contribution in [0, 0.1) is 11.3 Å². The Morgan fingerprint density at radius 3 is 2.72 bits per heavy atom. The van der Waals surface area contributed by atoms with Gasteiger partial charge in [-0.1, -0.05) is 6.42 Å². The van der Waals surface area contributed by atoms with Gasteiger partial charge in [0, 0.05) is 25.6 Å². The van der Waals surface area contributed by atoms with E-state index >= 15 is 0 Å². The van der Waals surface area contributed by atoms with E-state index in [1.165, 1.54) is 0 Å². The van der Waals surface area contributed by atoms with Crippen LogP contribution in [0.25, 0.3) is 0 Å². The van der Waals surface area contributed by atoms with E-state index in [0.29, 0.717) is 13.1 Å². The highest BCUT2D eigenvalue weighted by molar-refractivity contribution is 5.84. The molecule has 0 aromatic carbocycles. The number of nitrogens with two attached hydrogens (primary N) is 1. The molecule has 3 unspecified atom stereocenters. The highest BCUT2D eigenvalue weighted by atomic mass is 16.4. The van der Waals surface area contributed by atoms with Gasteiger partial charge in [0.25, 0.3) is 0 Å². The zero-order valence-electron chi connectivity index (χ0n) is 10.9. The summed E-state index contributed by atoms with van der Waals surface area (Å²) in [5.74, 6) is -0.550. The smallest absolute Gasteiger partial charge is 0.303 e. The first kappa shape index (κ1) is 13.3. The van der Waals surface area contributed by atoms with Gasteiger partial charge in [0.1, 0.15) is 0 Å². The summed E-state index contributed by atoms with van der Waals surface area (Å²) in [5.41, 5.74) is 5.62. The summed E-state index contributed by atoms with van der Waals surface area (Å²) in [5, 5.41) is 8.78. The van der Waals surface area contributed by atoms with Gasteiger partial charge in [-0.3, -0.25) is 9.59 Å². The molecule has 2 aliphatic rings. The molecule has 3 N–H and O–H groups in total. The van der Waals surface area contributed by atoms with Crippen LogP contribution in [-0.2, 0) is 9.59 Å². The quantitative estimate of drug-likeness (QED) is 0.781. The van der Waals surface area contributed by atoms with Gasteiger partial charge in [-0.05, 0) is 32.1 Å². The Labute approximate surface area is 107 Å². The van der Waals surface area contributed by atoms with Crippen molar-refractivity contribution in [3.05, 3.63) is 0 Å². The van der Waals surface area contributed by atoms with Crippen LogP contribution in [0.15, 0.2) is 0 Å². The number of nitrogens with zero attached hydrogens (tertiary/aromatic N) is 1. The summed E-state index contributed by atoms with van der Waals surface area (Å²) in [6.45, 7) is 3.21. The number of aliphatic carboxylic acids is 1. The van der Waals surface area contributed by atoms with E-state index in [0.717, 1.165) is 25.7 Å². The molecule has 102 valence electrons. The van der Waals surface area contributed by atoms with E-state index in [1.807, 2.05) is 11.8 Å². The van der Waals surface area contributed by atoms with Gasteiger partial charge in [-0.25, -0.2) is 0 Å². The van der Waals surface area contributed by atoms with Crippen molar-refractivity contribution in [2.24, 2.45) is 17.1 Å². The van der Waals surface area contributed by atoms with Crippen LogP contribution in [0.1, 0.15) is 39.0 Å². The summed E-state index contributed by atoms with van der Waals surface area (Å²) in [6.07, 6.45) is 3.73. The van der Waals surface area contributed by atoms with Gasteiger partial charge < -0.3 is 15.7 Å². The van der Waals surface area contributed by atoms with Crippen LogP contribution < -0.4 is 5.73 Å². The van der Waals surface area contributed by atoms with E-state index < -0.39 is 11.4 Å². The van der Waals surface area contributed by atoms with Crippen molar-refractivity contribution in [1.29, 1.82) is 0 Å². The highest BCUT2D eigenvalue weighted by Gasteiger charge is 2.46. The molecule has 5 nitrogen and oxygen atoms in total. The van der Waals surface area contributed by atoms with E-state index in [-0.39, 0.29) is 24.3 Å². The Balaban J connectivity index is 1.97. The fraction of sp³-hybridized carbons (Fsp3) is 0.846. The summed E-state index contributed by atoms with van der Waals surface area (Å²) >= 11 is 0. The SMILES string of the molecule is CC1(C(=O)N2CCC(CC(=O)O)C2)CCCC1N. The standard InChI is InChI=1S/C13H22N2O3/c1-13(5-2-3-10(13)14)12(18)15-6-4-9(8-15)7-11(16)17/h9-10H,2-8,14H2,1H3,(H,16,17). The maximum absolute atomic E-state index is 12.5. The molecule has 0 spiro atoms. The first-order valence-corrected chi connectivity index (χ1v) is 6.70. The van der Waals surface area contributed by atoms with Crippen LogP contribution in [0.3, 0.4) is 0 Å². The molecule has 2 rings (SSSR count). The third-order valence-electron chi connectivity index (χ3n) is 4.55. The average Bonchev–Trinajstić information content (AvgIpc) is 2.86. The number of rotatable bonds is 3. The second-order valence-corrected chi connectivity index (χ2v) is 5.92. The molecular weight excluding hydrogens is 232 g/mol. The van der Waals surface area contributed by atoms with Crippen LogP contribution in [0.4, 0.5) is 0 Å². The Kier molecular flexibility index (Phi) is 3.61. The van der Waals surface area contributed by atoms with Gasteiger partial charge in [-0.15, -0.1) is 0 Å². The largest absolute Gasteiger partial charge is 0.481 e. The molecule has 1 aliphatic carbocycles. The first-order valence-electron chi connectivity index (χ1n) is 6.70. The highest BCUT2D eigenvalue weighted by Crippen LogP contribution is 2.39. The monoisotopic (exact) mass is 254 g/mol. The molecule has 2 fully saturated rings. The van der Waals surface area contributed by atoms with Crippen LogP contribution >= 0.6 is 0 Å². The fourth-order valence-electron chi connectivity index (χ4n) is 3.25. The first-order chi connectivity index (χ1) is 8.43.